The number of hydrogen-bond donors (Lipinski definition) is 0. The molecule has 0 aromatic carbocycles. The molecule has 0 amide bonds. The standard InChI is InChI=1S/C13H18N4O2/c1-5-8-17(4)11-14-12(18-9-6-2)16-13(15-11)19-10-7-3/h5-7H,1-3,8-10H2,4H3. The molecule has 0 aliphatic rings. The van der Waals surface area contributed by atoms with E-state index in [-0.39, 0.29) is 12.0 Å². The highest BCUT2D eigenvalue weighted by Gasteiger charge is 2.11. The fourth-order valence-electron chi connectivity index (χ4n) is 1.17. The number of hydrogen-bond acceptors (Lipinski definition) is 6. The molecule has 0 aliphatic carbocycles. The van der Waals surface area contributed by atoms with Crippen LogP contribution in [0.4, 0.5) is 5.95 Å². The summed E-state index contributed by atoms with van der Waals surface area (Å²) in [6.07, 6.45) is 4.97. The third-order valence-corrected chi connectivity index (χ3v) is 1.99. The van der Waals surface area contributed by atoms with Crippen molar-refractivity contribution < 1.29 is 9.47 Å². The van der Waals surface area contributed by atoms with Crippen molar-refractivity contribution in [3.63, 3.8) is 0 Å². The second-order valence-corrected chi connectivity index (χ2v) is 3.57. The van der Waals surface area contributed by atoms with E-state index in [0.29, 0.717) is 25.7 Å². The van der Waals surface area contributed by atoms with Gasteiger partial charge in [0.2, 0.25) is 5.95 Å². The Morgan fingerprint density at radius 1 is 0.947 bits per heavy atom. The molecule has 0 aliphatic heterocycles. The molecule has 0 fully saturated rings. The van der Waals surface area contributed by atoms with Crippen molar-refractivity contribution >= 4 is 5.95 Å². The van der Waals surface area contributed by atoms with Gasteiger partial charge < -0.3 is 14.4 Å². The van der Waals surface area contributed by atoms with Crippen LogP contribution in [-0.2, 0) is 0 Å². The largest absolute Gasteiger partial charge is 0.459 e. The van der Waals surface area contributed by atoms with Gasteiger partial charge in [-0.1, -0.05) is 31.4 Å². The topological polar surface area (TPSA) is 60.4 Å². The SMILES string of the molecule is C=CCOc1nc(OCC=C)nc(N(C)CC=C)n1. The predicted octanol–water partition coefficient (Wildman–Crippen LogP) is 1.62. The summed E-state index contributed by atoms with van der Waals surface area (Å²) in [5, 5.41) is 0. The van der Waals surface area contributed by atoms with Crippen molar-refractivity contribution in [3.05, 3.63) is 38.0 Å². The van der Waals surface area contributed by atoms with Gasteiger partial charge in [0.1, 0.15) is 13.2 Å². The molecule has 102 valence electrons. The number of nitrogens with zero attached hydrogens (tertiary/aromatic N) is 4. The Morgan fingerprint density at radius 3 is 1.89 bits per heavy atom. The van der Waals surface area contributed by atoms with Crippen LogP contribution in [0.3, 0.4) is 0 Å². The molecule has 1 heterocycles. The minimum absolute atomic E-state index is 0.194. The van der Waals surface area contributed by atoms with Crippen LogP contribution < -0.4 is 14.4 Å². The molecule has 1 aromatic heterocycles. The van der Waals surface area contributed by atoms with Gasteiger partial charge in [-0.05, 0) is 0 Å². The molecule has 0 N–H and O–H groups in total. The van der Waals surface area contributed by atoms with Gasteiger partial charge in [-0.25, -0.2) is 0 Å². The fraction of sp³-hybridized carbons (Fsp3) is 0.308. The van der Waals surface area contributed by atoms with Crippen LogP contribution in [0.5, 0.6) is 12.0 Å². The van der Waals surface area contributed by atoms with Gasteiger partial charge in [-0.15, -0.1) is 11.6 Å². The summed E-state index contributed by atoms with van der Waals surface area (Å²) < 4.78 is 10.6. The Labute approximate surface area is 113 Å². The summed E-state index contributed by atoms with van der Waals surface area (Å²) in [6, 6.07) is 0.389. The first-order valence-electron chi connectivity index (χ1n) is 5.76. The van der Waals surface area contributed by atoms with Gasteiger partial charge in [0.15, 0.2) is 0 Å². The number of likely N-dealkylation sites (N-methyl/N-ethyl adjacent to an activating group) is 1. The van der Waals surface area contributed by atoms with E-state index in [2.05, 4.69) is 34.7 Å². The summed E-state index contributed by atoms with van der Waals surface area (Å²) in [6.45, 7) is 12.0. The molecular weight excluding hydrogens is 244 g/mol. The van der Waals surface area contributed by atoms with E-state index < -0.39 is 0 Å². The van der Waals surface area contributed by atoms with Crippen LogP contribution in [0.15, 0.2) is 38.0 Å². The summed E-state index contributed by atoms with van der Waals surface area (Å²) in [7, 11) is 1.84. The third kappa shape index (κ3) is 4.79. The fourth-order valence-corrected chi connectivity index (χ4v) is 1.17. The molecular formula is C13H18N4O2. The van der Waals surface area contributed by atoms with Crippen LogP contribution >= 0.6 is 0 Å². The lowest BCUT2D eigenvalue weighted by Crippen LogP contribution is -2.20. The number of ether oxygens (including phenoxy) is 2. The smallest absolute Gasteiger partial charge is 0.324 e. The van der Waals surface area contributed by atoms with E-state index in [4.69, 9.17) is 9.47 Å². The van der Waals surface area contributed by atoms with Crippen molar-refractivity contribution in [3.8, 4) is 12.0 Å². The summed E-state index contributed by atoms with van der Waals surface area (Å²) >= 11 is 0. The maximum absolute atomic E-state index is 5.31. The Kier molecular flexibility index (Phi) is 6.08. The second kappa shape index (κ2) is 7.86. The van der Waals surface area contributed by atoms with Crippen LogP contribution in [0.1, 0.15) is 0 Å². The minimum Gasteiger partial charge on any atom is -0.459 e. The van der Waals surface area contributed by atoms with Gasteiger partial charge in [-0.2, -0.15) is 9.97 Å². The minimum atomic E-state index is 0.194. The average molecular weight is 262 g/mol. The van der Waals surface area contributed by atoms with E-state index in [1.165, 1.54) is 0 Å². The van der Waals surface area contributed by atoms with Crippen LogP contribution in [0.2, 0.25) is 0 Å². The maximum atomic E-state index is 5.31. The number of rotatable bonds is 9. The first-order chi connectivity index (χ1) is 9.21. The molecule has 0 unspecified atom stereocenters. The zero-order valence-corrected chi connectivity index (χ0v) is 11.1. The molecule has 0 saturated carbocycles. The van der Waals surface area contributed by atoms with Crippen LogP contribution in [0.25, 0.3) is 0 Å². The molecule has 0 atom stereocenters. The summed E-state index contributed by atoms with van der Waals surface area (Å²) in [5.41, 5.74) is 0. The molecule has 0 radical (unpaired) electrons. The highest BCUT2D eigenvalue weighted by atomic mass is 16.5. The molecule has 0 saturated heterocycles. The first-order valence-corrected chi connectivity index (χ1v) is 5.76. The molecule has 1 rings (SSSR count). The number of anilines is 1. The van der Waals surface area contributed by atoms with E-state index in [1.54, 1.807) is 23.1 Å². The Hall–Kier alpha value is -2.37. The second-order valence-electron chi connectivity index (χ2n) is 3.57. The van der Waals surface area contributed by atoms with Crippen molar-refractivity contribution in [2.45, 2.75) is 0 Å². The van der Waals surface area contributed by atoms with E-state index in [9.17, 15) is 0 Å². The Morgan fingerprint density at radius 2 is 1.47 bits per heavy atom. The maximum Gasteiger partial charge on any atom is 0.324 e. The lowest BCUT2D eigenvalue weighted by molar-refractivity contribution is 0.298. The quantitative estimate of drug-likeness (QED) is 0.630. The molecule has 0 bridgehead atoms. The molecule has 6 nitrogen and oxygen atoms in total. The predicted molar refractivity (Wildman–Crippen MR) is 74.7 cm³/mol. The van der Waals surface area contributed by atoms with Crippen molar-refractivity contribution in [2.75, 3.05) is 31.7 Å². The van der Waals surface area contributed by atoms with Crippen molar-refractivity contribution in [2.24, 2.45) is 0 Å². The van der Waals surface area contributed by atoms with Gasteiger partial charge in [-0.3, -0.25) is 0 Å². The summed E-state index contributed by atoms with van der Waals surface area (Å²) in [4.78, 5) is 14.2. The van der Waals surface area contributed by atoms with Gasteiger partial charge in [0.25, 0.3) is 0 Å². The van der Waals surface area contributed by atoms with Crippen molar-refractivity contribution in [1.29, 1.82) is 0 Å². The van der Waals surface area contributed by atoms with Crippen LogP contribution in [-0.4, -0.2) is 41.8 Å². The molecule has 1 aromatic rings. The summed E-state index contributed by atoms with van der Waals surface area (Å²) in [5.74, 6) is 0.452. The zero-order chi connectivity index (χ0) is 14.1. The van der Waals surface area contributed by atoms with Gasteiger partial charge in [0.05, 0.1) is 0 Å². The van der Waals surface area contributed by atoms with Crippen molar-refractivity contribution in [1.82, 2.24) is 15.0 Å². The van der Waals surface area contributed by atoms with E-state index in [0.717, 1.165) is 0 Å². The lowest BCUT2D eigenvalue weighted by Gasteiger charge is -2.15. The first kappa shape index (κ1) is 14.7. The number of aromatic nitrogens is 3. The monoisotopic (exact) mass is 262 g/mol. The highest BCUT2D eigenvalue weighted by molar-refractivity contribution is 5.31. The highest BCUT2D eigenvalue weighted by Crippen LogP contribution is 2.15. The molecule has 6 heteroatoms. The van der Waals surface area contributed by atoms with E-state index in [1.807, 2.05) is 7.05 Å². The Balaban J connectivity index is 2.96. The van der Waals surface area contributed by atoms with E-state index >= 15 is 0 Å². The lowest BCUT2D eigenvalue weighted by atomic mass is 10.5. The zero-order valence-electron chi connectivity index (χ0n) is 11.1. The molecule has 19 heavy (non-hydrogen) atoms. The van der Waals surface area contributed by atoms with Gasteiger partial charge >= 0.3 is 12.0 Å². The average Bonchev–Trinajstić information content (AvgIpc) is 2.43. The Bertz CT molecular complexity index is 418. The van der Waals surface area contributed by atoms with Gasteiger partial charge in [0, 0.05) is 13.6 Å². The molecule has 0 spiro atoms. The normalized spacial score (nSPS) is 9.53. The van der Waals surface area contributed by atoms with Crippen LogP contribution in [0, 0.1) is 0 Å². The third-order valence-electron chi connectivity index (χ3n) is 1.99.